The van der Waals surface area contributed by atoms with Crippen molar-refractivity contribution in [2.45, 2.75) is 26.8 Å². The molecule has 1 amide bonds. The van der Waals surface area contributed by atoms with Crippen molar-refractivity contribution in [2.24, 2.45) is 0 Å². The van der Waals surface area contributed by atoms with Gasteiger partial charge in [-0.1, -0.05) is 29.8 Å². The Kier molecular flexibility index (Phi) is 3.90. The molecule has 100 valence electrons. The highest BCUT2D eigenvalue weighted by Gasteiger charge is 2.18. The van der Waals surface area contributed by atoms with Gasteiger partial charge in [0.2, 0.25) is 0 Å². The topological polar surface area (TPSA) is 55.1 Å². The van der Waals surface area contributed by atoms with Crippen LogP contribution in [0.15, 0.2) is 29.6 Å². The van der Waals surface area contributed by atoms with E-state index >= 15 is 0 Å². The summed E-state index contributed by atoms with van der Waals surface area (Å²) >= 11 is 1.40. The summed E-state index contributed by atoms with van der Waals surface area (Å²) in [5.74, 6) is -0.107. The third-order valence-electron chi connectivity index (χ3n) is 2.83. The van der Waals surface area contributed by atoms with Crippen molar-refractivity contribution in [3.63, 3.8) is 0 Å². The molecule has 1 aromatic carbocycles. The van der Waals surface area contributed by atoms with Crippen molar-refractivity contribution in [2.75, 3.05) is 5.73 Å². The van der Waals surface area contributed by atoms with Crippen LogP contribution in [-0.4, -0.2) is 11.9 Å². The predicted octanol–water partition coefficient (Wildman–Crippen LogP) is 3.44. The van der Waals surface area contributed by atoms with Gasteiger partial charge in [0, 0.05) is 17.0 Å². The second kappa shape index (κ2) is 5.45. The van der Waals surface area contributed by atoms with Crippen LogP contribution in [0.4, 0.5) is 5.00 Å². The number of nitrogens with one attached hydrogen (secondary N) is 1. The van der Waals surface area contributed by atoms with Crippen LogP contribution in [0.2, 0.25) is 0 Å². The van der Waals surface area contributed by atoms with Gasteiger partial charge in [-0.2, -0.15) is 0 Å². The Morgan fingerprint density at radius 3 is 2.47 bits per heavy atom. The van der Waals surface area contributed by atoms with E-state index in [2.05, 4.69) is 5.32 Å². The van der Waals surface area contributed by atoms with Gasteiger partial charge in [-0.05, 0) is 26.3 Å². The van der Waals surface area contributed by atoms with Crippen molar-refractivity contribution in [1.82, 2.24) is 5.32 Å². The average Bonchev–Trinajstić information content (AvgIpc) is 2.71. The molecular formula is C15H18N2OS. The van der Waals surface area contributed by atoms with Gasteiger partial charge in [0.25, 0.3) is 5.91 Å². The van der Waals surface area contributed by atoms with E-state index in [0.29, 0.717) is 10.6 Å². The molecule has 19 heavy (non-hydrogen) atoms. The zero-order valence-corrected chi connectivity index (χ0v) is 12.2. The molecule has 4 heteroatoms. The van der Waals surface area contributed by atoms with E-state index in [1.807, 2.05) is 50.4 Å². The molecule has 0 spiro atoms. The molecule has 2 aromatic rings. The van der Waals surface area contributed by atoms with E-state index < -0.39 is 0 Å². The Bertz CT molecular complexity index is 585. The van der Waals surface area contributed by atoms with Crippen molar-refractivity contribution >= 4 is 22.2 Å². The van der Waals surface area contributed by atoms with Gasteiger partial charge in [0.1, 0.15) is 0 Å². The number of anilines is 1. The molecule has 0 fully saturated rings. The van der Waals surface area contributed by atoms with Gasteiger partial charge in [-0.3, -0.25) is 4.79 Å². The van der Waals surface area contributed by atoms with Crippen molar-refractivity contribution in [3.05, 3.63) is 40.8 Å². The molecule has 1 aromatic heterocycles. The van der Waals surface area contributed by atoms with Crippen molar-refractivity contribution in [1.29, 1.82) is 0 Å². The van der Waals surface area contributed by atoms with E-state index in [9.17, 15) is 4.79 Å². The Hall–Kier alpha value is -1.81. The van der Waals surface area contributed by atoms with E-state index in [0.717, 1.165) is 11.1 Å². The molecule has 0 saturated heterocycles. The SMILES string of the molecule is Cc1ccc(-c2csc(N)c2C(=O)NC(C)C)cc1. The Morgan fingerprint density at radius 2 is 1.89 bits per heavy atom. The number of benzene rings is 1. The number of carbonyl (C=O) groups is 1. The second-order valence-electron chi connectivity index (χ2n) is 4.88. The van der Waals surface area contributed by atoms with Gasteiger partial charge >= 0.3 is 0 Å². The summed E-state index contributed by atoms with van der Waals surface area (Å²) in [4.78, 5) is 12.2. The molecule has 0 unspecified atom stereocenters. The quantitative estimate of drug-likeness (QED) is 0.900. The lowest BCUT2D eigenvalue weighted by atomic mass is 10.0. The summed E-state index contributed by atoms with van der Waals surface area (Å²) in [5.41, 5.74) is 9.65. The minimum atomic E-state index is -0.107. The molecule has 3 N–H and O–H groups in total. The summed E-state index contributed by atoms with van der Waals surface area (Å²) < 4.78 is 0. The second-order valence-corrected chi connectivity index (χ2v) is 5.79. The summed E-state index contributed by atoms with van der Waals surface area (Å²) in [6, 6.07) is 8.20. The average molecular weight is 274 g/mol. The van der Waals surface area contributed by atoms with Crippen LogP contribution in [0.5, 0.6) is 0 Å². The molecule has 0 aliphatic rings. The maximum atomic E-state index is 12.2. The highest BCUT2D eigenvalue weighted by atomic mass is 32.1. The monoisotopic (exact) mass is 274 g/mol. The standard InChI is InChI=1S/C15H18N2OS/c1-9(2)17-15(18)13-12(8-19-14(13)16)11-6-4-10(3)5-7-11/h4-9H,16H2,1-3H3,(H,17,18). The van der Waals surface area contributed by atoms with E-state index in [1.54, 1.807) is 0 Å². The minimum Gasteiger partial charge on any atom is -0.390 e. The molecule has 0 aliphatic carbocycles. The number of amides is 1. The minimum absolute atomic E-state index is 0.0951. The van der Waals surface area contributed by atoms with Crippen molar-refractivity contribution in [3.8, 4) is 11.1 Å². The molecule has 0 saturated carbocycles. The number of nitrogen functional groups attached to an aromatic ring is 1. The van der Waals surface area contributed by atoms with E-state index in [4.69, 9.17) is 5.73 Å². The molecule has 0 radical (unpaired) electrons. The van der Waals surface area contributed by atoms with Crippen LogP contribution in [0.3, 0.4) is 0 Å². The number of hydrogen-bond donors (Lipinski definition) is 2. The highest BCUT2D eigenvalue weighted by Crippen LogP contribution is 2.33. The first-order valence-corrected chi connectivity index (χ1v) is 7.12. The number of nitrogens with two attached hydrogens (primary N) is 1. The smallest absolute Gasteiger partial charge is 0.255 e. The lowest BCUT2D eigenvalue weighted by Gasteiger charge is -2.10. The maximum absolute atomic E-state index is 12.2. The number of hydrogen-bond acceptors (Lipinski definition) is 3. The Balaban J connectivity index is 2.42. The normalized spacial score (nSPS) is 10.7. The van der Waals surface area contributed by atoms with E-state index in [1.165, 1.54) is 16.9 Å². The summed E-state index contributed by atoms with van der Waals surface area (Å²) in [6.07, 6.45) is 0. The maximum Gasteiger partial charge on any atom is 0.255 e. The Labute approximate surface area is 117 Å². The number of thiophene rings is 1. The van der Waals surface area contributed by atoms with Gasteiger partial charge < -0.3 is 11.1 Å². The summed E-state index contributed by atoms with van der Waals surface area (Å²) in [5, 5.41) is 5.40. The van der Waals surface area contributed by atoms with Crippen LogP contribution in [0.1, 0.15) is 29.8 Å². The number of aryl methyl sites for hydroxylation is 1. The lowest BCUT2D eigenvalue weighted by Crippen LogP contribution is -2.30. The van der Waals surface area contributed by atoms with Crippen LogP contribution in [0.25, 0.3) is 11.1 Å². The molecule has 1 heterocycles. The molecule has 2 rings (SSSR count). The van der Waals surface area contributed by atoms with Crippen LogP contribution in [0, 0.1) is 6.92 Å². The van der Waals surface area contributed by atoms with Gasteiger partial charge in [-0.15, -0.1) is 11.3 Å². The third-order valence-corrected chi connectivity index (χ3v) is 3.64. The fourth-order valence-electron chi connectivity index (χ4n) is 1.89. The first-order chi connectivity index (χ1) is 8.99. The number of carbonyl (C=O) groups excluding carboxylic acids is 1. The van der Waals surface area contributed by atoms with Crippen molar-refractivity contribution < 1.29 is 4.79 Å². The molecule has 0 aliphatic heterocycles. The zero-order valence-electron chi connectivity index (χ0n) is 11.4. The summed E-state index contributed by atoms with van der Waals surface area (Å²) in [6.45, 7) is 5.91. The predicted molar refractivity (Wildman–Crippen MR) is 81.5 cm³/mol. The molecule has 0 atom stereocenters. The largest absolute Gasteiger partial charge is 0.390 e. The van der Waals surface area contributed by atoms with Gasteiger partial charge in [-0.25, -0.2) is 0 Å². The first-order valence-electron chi connectivity index (χ1n) is 6.24. The van der Waals surface area contributed by atoms with Gasteiger partial charge in [0.05, 0.1) is 10.6 Å². The van der Waals surface area contributed by atoms with Crippen LogP contribution in [-0.2, 0) is 0 Å². The zero-order chi connectivity index (χ0) is 14.0. The lowest BCUT2D eigenvalue weighted by molar-refractivity contribution is 0.0945. The Morgan fingerprint density at radius 1 is 1.26 bits per heavy atom. The third kappa shape index (κ3) is 2.96. The van der Waals surface area contributed by atoms with Crippen LogP contribution < -0.4 is 11.1 Å². The highest BCUT2D eigenvalue weighted by molar-refractivity contribution is 7.15. The molecule has 0 bridgehead atoms. The molecule has 3 nitrogen and oxygen atoms in total. The van der Waals surface area contributed by atoms with E-state index in [-0.39, 0.29) is 11.9 Å². The molecular weight excluding hydrogens is 256 g/mol. The van der Waals surface area contributed by atoms with Gasteiger partial charge in [0.15, 0.2) is 0 Å². The fraction of sp³-hybridized carbons (Fsp3) is 0.267. The van der Waals surface area contributed by atoms with Crippen LogP contribution >= 0.6 is 11.3 Å². The first kappa shape index (κ1) is 13.6. The number of rotatable bonds is 3. The fourth-order valence-corrected chi connectivity index (χ4v) is 2.71. The summed E-state index contributed by atoms with van der Waals surface area (Å²) in [7, 11) is 0.